The molecule has 0 heterocycles. The zero-order valence-corrected chi connectivity index (χ0v) is 12.4. The number of nitrogens with zero attached hydrogens (tertiary/aromatic N) is 1. The van der Waals surface area contributed by atoms with Crippen LogP contribution in [0.2, 0.25) is 0 Å². The van der Waals surface area contributed by atoms with Gasteiger partial charge in [0.1, 0.15) is 0 Å². The van der Waals surface area contributed by atoms with Crippen LogP contribution in [0.1, 0.15) is 26.3 Å². The molecule has 2 amide bonds. The number of amides is 2. The van der Waals surface area contributed by atoms with Crippen molar-refractivity contribution in [2.45, 2.75) is 27.3 Å². The maximum atomic E-state index is 11.7. The van der Waals surface area contributed by atoms with E-state index in [9.17, 15) is 9.59 Å². The number of carbonyl (C=O) groups is 2. The lowest BCUT2D eigenvalue weighted by molar-refractivity contribution is -0.122. The maximum Gasteiger partial charge on any atom is 0.234 e. The van der Waals surface area contributed by atoms with Crippen LogP contribution in [0.4, 0.5) is 5.69 Å². The third kappa shape index (κ3) is 5.84. The van der Waals surface area contributed by atoms with Gasteiger partial charge in [-0.1, -0.05) is 26.0 Å². The third-order valence-corrected chi connectivity index (χ3v) is 3.03. The minimum absolute atomic E-state index is 0.0274. The van der Waals surface area contributed by atoms with Gasteiger partial charge >= 0.3 is 0 Å². The summed E-state index contributed by atoms with van der Waals surface area (Å²) in [7, 11) is 0. The predicted molar refractivity (Wildman–Crippen MR) is 80.4 cm³/mol. The Morgan fingerprint density at radius 2 is 1.70 bits per heavy atom. The normalized spacial score (nSPS) is 10.4. The number of nitrogens with one attached hydrogen (secondary N) is 2. The average molecular weight is 277 g/mol. The van der Waals surface area contributed by atoms with E-state index < -0.39 is 0 Å². The summed E-state index contributed by atoms with van der Waals surface area (Å²) in [5.74, 6) is -0.0649. The molecule has 2 N–H and O–H groups in total. The van der Waals surface area contributed by atoms with Crippen LogP contribution in [-0.4, -0.2) is 36.3 Å². The molecule has 0 aromatic heterocycles. The minimum atomic E-state index is -0.0923. The van der Waals surface area contributed by atoms with Gasteiger partial charge < -0.3 is 10.6 Å². The quantitative estimate of drug-likeness (QED) is 0.796. The first-order valence-corrected chi connectivity index (χ1v) is 6.90. The molecule has 0 unspecified atom stereocenters. The van der Waals surface area contributed by atoms with E-state index >= 15 is 0 Å². The summed E-state index contributed by atoms with van der Waals surface area (Å²) in [4.78, 5) is 24.7. The van der Waals surface area contributed by atoms with E-state index in [2.05, 4.69) is 15.5 Å². The number of benzene rings is 1. The molecule has 0 aliphatic rings. The van der Waals surface area contributed by atoms with E-state index in [1.54, 1.807) is 0 Å². The molecule has 0 bridgehead atoms. The fourth-order valence-corrected chi connectivity index (χ4v) is 1.82. The van der Waals surface area contributed by atoms with Gasteiger partial charge in [0.25, 0.3) is 0 Å². The summed E-state index contributed by atoms with van der Waals surface area (Å²) >= 11 is 0. The Labute approximate surface area is 120 Å². The van der Waals surface area contributed by atoms with Gasteiger partial charge in [-0.25, -0.2) is 0 Å². The van der Waals surface area contributed by atoms with Gasteiger partial charge in [-0.2, -0.15) is 0 Å². The van der Waals surface area contributed by atoms with Crippen molar-refractivity contribution in [1.29, 1.82) is 0 Å². The van der Waals surface area contributed by atoms with Crippen LogP contribution >= 0.6 is 0 Å². The fourth-order valence-electron chi connectivity index (χ4n) is 1.82. The Morgan fingerprint density at radius 1 is 1.10 bits per heavy atom. The van der Waals surface area contributed by atoms with Crippen LogP contribution < -0.4 is 10.6 Å². The molecule has 110 valence electrons. The van der Waals surface area contributed by atoms with Crippen LogP contribution in [0.25, 0.3) is 0 Å². The molecule has 0 aliphatic heterocycles. The summed E-state index contributed by atoms with van der Waals surface area (Å²) < 4.78 is 0. The van der Waals surface area contributed by atoms with Crippen molar-refractivity contribution in [3.05, 3.63) is 29.8 Å². The Bertz CT molecular complexity index is 439. The zero-order chi connectivity index (χ0) is 15.0. The summed E-state index contributed by atoms with van der Waals surface area (Å²) in [6.45, 7) is 8.22. The summed E-state index contributed by atoms with van der Waals surface area (Å²) in [5, 5.41) is 5.60. The van der Waals surface area contributed by atoms with Crippen molar-refractivity contribution in [2.75, 3.05) is 25.0 Å². The van der Waals surface area contributed by atoms with Gasteiger partial charge in [0, 0.05) is 19.2 Å². The second-order valence-electron chi connectivity index (χ2n) is 4.62. The minimum Gasteiger partial charge on any atom is -0.351 e. The lowest BCUT2D eigenvalue weighted by atomic mass is 10.2. The van der Waals surface area contributed by atoms with Crippen molar-refractivity contribution in [3.63, 3.8) is 0 Å². The standard InChI is InChI=1S/C15H23N3O2/c1-4-18(5-2)11-15(20)16-10-13-6-8-14(9-7-13)17-12(3)19/h6-9H,4-5,10-11H2,1-3H3,(H,16,20)(H,17,19). The molecule has 1 rings (SSSR count). The highest BCUT2D eigenvalue weighted by Gasteiger charge is 2.06. The number of anilines is 1. The molecule has 0 radical (unpaired) electrons. The highest BCUT2D eigenvalue weighted by molar-refractivity contribution is 5.88. The number of carbonyl (C=O) groups excluding carboxylic acids is 2. The lowest BCUT2D eigenvalue weighted by Crippen LogP contribution is -2.36. The Morgan fingerprint density at radius 3 is 2.20 bits per heavy atom. The number of hydrogen-bond acceptors (Lipinski definition) is 3. The van der Waals surface area contributed by atoms with Crippen molar-refractivity contribution in [1.82, 2.24) is 10.2 Å². The van der Waals surface area contributed by atoms with Crippen molar-refractivity contribution < 1.29 is 9.59 Å². The number of hydrogen-bond donors (Lipinski definition) is 2. The molecule has 0 saturated heterocycles. The molecule has 0 saturated carbocycles. The molecule has 0 aliphatic carbocycles. The van der Waals surface area contributed by atoms with E-state index in [1.807, 2.05) is 38.1 Å². The fraction of sp³-hybridized carbons (Fsp3) is 0.467. The first-order chi connectivity index (χ1) is 9.55. The zero-order valence-electron chi connectivity index (χ0n) is 12.4. The van der Waals surface area contributed by atoms with E-state index in [0.29, 0.717) is 13.1 Å². The van der Waals surface area contributed by atoms with Crippen molar-refractivity contribution in [2.24, 2.45) is 0 Å². The summed E-state index contributed by atoms with van der Waals surface area (Å²) in [5.41, 5.74) is 1.77. The van der Waals surface area contributed by atoms with E-state index in [-0.39, 0.29) is 11.8 Å². The molecule has 5 nitrogen and oxygen atoms in total. The highest BCUT2D eigenvalue weighted by atomic mass is 16.2. The highest BCUT2D eigenvalue weighted by Crippen LogP contribution is 2.09. The van der Waals surface area contributed by atoms with Crippen molar-refractivity contribution >= 4 is 17.5 Å². The Kier molecular flexibility index (Phi) is 6.73. The lowest BCUT2D eigenvalue weighted by Gasteiger charge is -2.17. The second kappa shape index (κ2) is 8.32. The number of rotatable bonds is 7. The largest absolute Gasteiger partial charge is 0.351 e. The van der Waals surface area contributed by atoms with Gasteiger partial charge in [0.05, 0.1) is 6.54 Å². The van der Waals surface area contributed by atoms with Gasteiger partial charge in [-0.05, 0) is 30.8 Å². The topological polar surface area (TPSA) is 61.4 Å². The van der Waals surface area contributed by atoms with Crippen LogP contribution in [0.5, 0.6) is 0 Å². The smallest absolute Gasteiger partial charge is 0.234 e. The molecular formula is C15H23N3O2. The average Bonchev–Trinajstić information content (AvgIpc) is 2.43. The van der Waals surface area contributed by atoms with Crippen LogP contribution in [0, 0.1) is 0 Å². The summed E-state index contributed by atoms with van der Waals surface area (Å²) in [6, 6.07) is 7.44. The molecule has 1 aromatic carbocycles. The Hall–Kier alpha value is -1.88. The molecule has 0 spiro atoms. The van der Waals surface area contributed by atoms with Gasteiger partial charge in [-0.3, -0.25) is 14.5 Å². The first-order valence-electron chi connectivity index (χ1n) is 6.90. The van der Waals surface area contributed by atoms with Gasteiger partial charge in [0.2, 0.25) is 11.8 Å². The van der Waals surface area contributed by atoms with E-state index in [4.69, 9.17) is 0 Å². The van der Waals surface area contributed by atoms with E-state index in [0.717, 1.165) is 24.3 Å². The van der Waals surface area contributed by atoms with Gasteiger partial charge in [-0.15, -0.1) is 0 Å². The molecule has 1 aromatic rings. The first kappa shape index (κ1) is 16.2. The molecule has 5 heteroatoms. The molecule has 0 atom stereocenters. The van der Waals surface area contributed by atoms with Crippen molar-refractivity contribution in [3.8, 4) is 0 Å². The van der Waals surface area contributed by atoms with Gasteiger partial charge in [0.15, 0.2) is 0 Å². The van der Waals surface area contributed by atoms with Crippen LogP contribution in [0.3, 0.4) is 0 Å². The number of likely N-dealkylation sites (N-methyl/N-ethyl adjacent to an activating group) is 1. The van der Waals surface area contributed by atoms with Crippen LogP contribution in [-0.2, 0) is 16.1 Å². The molecule has 0 fully saturated rings. The summed E-state index contributed by atoms with van der Waals surface area (Å²) in [6.07, 6.45) is 0. The predicted octanol–water partition coefficient (Wildman–Crippen LogP) is 1.60. The monoisotopic (exact) mass is 277 g/mol. The third-order valence-electron chi connectivity index (χ3n) is 3.03. The second-order valence-corrected chi connectivity index (χ2v) is 4.62. The maximum absolute atomic E-state index is 11.7. The molecule has 20 heavy (non-hydrogen) atoms. The van der Waals surface area contributed by atoms with E-state index in [1.165, 1.54) is 6.92 Å². The SMILES string of the molecule is CCN(CC)CC(=O)NCc1ccc(NC(C)=O)cc1. The molecular weight excluding hydrogens is 254 g/mol. The Balaban J connectivity index is 2.41. The van der Waals surface area contributed by atoms with Crippen LogP contribution in [0.15, 0.2) is 24.3 Å².